The molecule has 0 aromatic rings. The molecule has 1 saturated heterocycles. The second-order valence-corrected chi connectivity index (χ2v) is 29.4. The van der Waals surface area contributed by atoms with Crippen LogP contribution in [0.4, 0.5) is 0 Å². The predicted octanol–water partition coefficient (Wildman–Crippen LogP) is 8.90. The first-order valence-electron chi connectivity index (χ1n) is 18.0. The maximum atomic E-state index is 7.68. The average Bonchev–Trinajstić information content (AvgIpc) is 2.96. The van der Waals surface area contributed by atoms with E-state index in [1.54, 1.807) is 0 Å². The van der Waals surface area contributed by atoms with Gasteiger partial charge >= 0.3 is 34.2 Å². The van der Waals surface area contributed by atoms with E-state index in [0.717, 1.165) is 51.4 Å². The number of ether oxygens (including phenoxy) is 4. The van der Waals surface area contributed by atoms with Gasteiger partial charge in [0.1, 0.15) is 0 Å². The molecule has 0 aromatic carbocycles. The SMILES string of the molecule is CCCCOC[Si]1(C(C)C)O[Si](COCCCC)(C(C)C)O[Si](COCCCC)(C(C)C)O[Si](COCCCC)(C(C)C)O1. The average molecular weight is 697 g/mol. The van der Waals surface area contributed by atoms with Crippen LogP contribution in [0.15, 0.2) is 0 Å². The molecule has 0 amide bonds. The second-order valence-electron chi connectivity index (χ2n) is 13.9. The third-order valence-corrected chi connectivity index (χ3v) is 29.2. The van der Waals surface area contributed by atoms with Crippen molar-refractivity contribution in [3.8, 4) is 0 Å². The predicted molar refractivity (Wildman–Crippen MR) is 191 cm³/mol. The van der Waals surface area contributed by atoms with E-state index < -0.39 is 34.2 Å². The molecule has 0 atom stereocenters. The van der Waals surface area contributed by atoms with Crippen LogP contribution in [0.25, 0.3) is 0 Å². The van der Waals surface area contributed by atoms with Gasteiger partial charge in [0.2, 0.25) is 0 Å². The minimum atomic E-state index is -3.09. The van der Waals surface area contributed by atoms with Crippen LogP contribution in [0.2, 0.25) is 22.2 Å². The molecule has 12 heteroatoms. The molecular formula is C32H72O8Si4. The maximum absolute atomic E-state index is 7.68. The molecule has 1 aliphatic rings. The van der Waals surface area contributed by atoms with Crippen LogP contribution in [0.1, 0.15) is 134 Å². The van der Waals surface area contributed by atoms with Crippen molar-refractivity contribution in [2.45, 2.75) is 157 Å². The first-order chi connectivity index (χ1) is 20.8. The van der Waals surface area contributed by atoms with E-state index in [0.29, 0.717) is 51.3 Å². The number of hydrogen-bond donors (Lipinski definition) is 0. The Labute approximate surface area is 276 Å². The van der Waals surface area contributed by atoms with Crippen LogP contribution >= 0.6 is 0 Å². The second kappa shape index (κ2) is 21.5. The lowest BCUT2D eigenvalue weighted by molar-refractivity contribution is 0.0748. The molecule has 1 fully saturated rings. The summed E-state index contributed by atoms with van der Waals surface area (Å²) in [7, 11) is -12.4. The van der Waals surface area contributed by atoms with E-state index in [1.165, 1.54) is 0 Å². The fraction of sp³-hybridized carbons (Fsp3) is 1.00. The van der Waals surface area contributed by atoms with Gasteiger partial charge in [0, 0.05) is 26.4 Å². The molecule has 0 bridgehead atoms. The number of unbranched alkanes of at least 4 members (excludes halogenated alkanes) is 4. The zero-order chi connectivity index (χ0) is 33.3. The molecule has 0 unspecified atom stereocenters. The van der Waals surface area contributed by atoms with Gasteiger partial charge in [-0.15, -0.1) is 0 Å². The van der Waals surface area contributed by atoms with Crippen LogP contribution in [-0.4, -0.2) is 85.6 Å². The third kappa shape index (κ3) is 12.5. The minimum Gasteiger partial charge on any atom is -0.412 e. The van der Waals surface area contributed by atoms with Crippen molar-refractivity contribution in [3.05, 3.63) is 0 Å². The van der Waals surface area contributed by atoms with E-state index in [1.807, 2.05) is 0 Å². The van der Waals surface area contributed by atoms with E-state index in [4.69, 9.17) is 35.4 Å². The van der Waals surface area contributed by atoms with Gasteiger partial charge in [-0.25, -0.2) is 0 Å². The lowest BCUT2D eigenvalue weighted by atomic mass is 10.4. The Balaban J connectivity index is 3.91. The van der Waals surface area contributed by atoms with Gasteiger partial charge in [-0.2, -0.15) is 0 Å². The molecule has 0 spiro atoms. The Hall–Kier alpha value is 0.548. The van der Waals surface area contributed by atoms with Gasteiger partial charge in [-0.05, 0) is 47.8 Å². The van der Waals surface area contributed by atoms with Gasteiger partial charge in [0.05, 0.1) is 24.9 Å². The quantitative estimate of drug-likeness (QED) is 0.0732. The maximum Gasteiger partial charge on any atom is 0.350 e. The number of rotatable bonds is 24. The molecule has 8 nitrogen and oxygen atoms in total. The topological polar surface area (TPSA) is 73.8 Å². The molecule has 0 aromatic heterocycles. The monoisotopic (exact) mass is 696 g/mol. The van der Waals surface area contributed by atoms with E-state index in [2.05, 4.69) is 83.1 Å². The summed E-state index contributed by atoms with van der Waals surface area (Å²) in [6.07, 6.45) is 10.2. The summed E-state index contributed by atoms with van der Waals surface area (Å²) in [5, 5.41) is 0. The highest BCUT2D eigenvalue weighted by molar-refractivity contribution is 6.96. The lowest BCUT2D eigenvalue weighted by Gasteiger charge is -2.56. The summed E-state index contributed by atoms with van der Waals surface area (Å²) in [6, 6.07) is 0. The fourth-order valence-electron chi connectivity index (χ4n) is 4.94. The molecule has 44 heavy (non-hydrogen) atoms. The van der Waals surface area contributed by atoms with Crippen molar-refractivity contribution in [2.75, 3.05) is 51.3 Å². The molecule has 0 aliphatic carbocycles. The van der Waals surface area contributed by atoms with Gasteiger partial charge in [0.25, 0.3) is 0 Å². The summed E-state index contributed by atoms with van der Waals surface area (Å²) < 4.78 is 56.5. The van der Waals surface area contributed by atoms with E-state index >= 15 is 0 Å². The molecule has 1 heterocycles. The Bertz CT molecular complexity index is 613. The lowest BCUT2D eigenvalue weighted by Crippen LogP contribution is -2.77. The van der Waals surface area contributed by atoms with Crippen molar-refractivity contribution in [2.24, 2.45) is 0 Å². The first kappa shape index (κ1) is 42.6. The molecule has 1 aliphatic heterocycles. The molecular weight excluding hydrogens is 625 g/mol. The summed E-state index contributed by atoms with van der Waals surface area (Å²) in [5.74, 6) is 0. The summed E-state index contributed by atoms with van der Waals surface area (Å²) in [6.45, 7) is 29.4. The smallest absolute Gasteiger partial charge is 0.350 e. The largest absolute Gasteiger partial charge is 0.412 e. The zero-order valence-electron chi connectivity index (χ0n) is 30.9. The van der Waals surface area contributed by atoms with Gasteiger partial charge in [0.15, 0.2) is 0 Å². The van der Waals surface area contributed by atoms with Crippen LogP contribution < -0.4 is 0 Å². The van der Waals surface area contributed by atoms with E-state index in [-0.39, 0.29) is 22.2 Å². The Morgan fingerprint density at radius 3 is 0.682 bits per heavy atom. The van der Waals surface area contributed by atoms with Gasteiger partial charge in [-0.3, -0.25) is 0 Å². The van der Waals surface area contributed by atoms with Crippen molar-refractivity contribution >= 4 is 34.2 Å². The van der Waals surface area contributed by atoms with Crippen LogP contribution in [-0.2, 0) is 35.4 Å². The van der Waals surface area contributed by atoms with Crippen molar-refractivity contribution in [3.63, 3.8) is 0 Å². The van der Waals surface area contributed by atoms with Gasteiger partial charge in [-0.1, -0.05) is 109 Å². The molecule has 264 valence electrons. The van der Waals surface area contributed by atoms with Crippen LogP contribution in [0.3, 0.4) is 0 Å². The summed E-state index contributed by atoms with van der Waals surface area (Å²) in [4.78, 5) is 0. The molecule has 0 radical (unpaired) electrons. The van der Waals surface area contributed by atoms with Crippen molar-refractivity contribution < 1.29 is 35.4 Å². The van der Waals surface area contributed by atoms with Crippen LogP contribution in [0.5, 0.6) is 0 Å². The molecule has 1 rings (SSSR count). The zero-order valence-corrected chi connectivity index (χ0v) is 34.9. The fourth-order valence-corrected chi connectivity index (χ4v) is 28.9. The minimum absolute atomic E-state index is 0.118. The Morgan fingerprint density at radius 2 is 0.545 bits per heavy atom. The summed E-state index contributed by atoms with van der Waals surface area (Å²) in [5.41, 5.74) is 0.474. The highest BCUT2D eigenvalue weighted by Gasteiger charge is 2.66. The highest BCUT2D eigenvalue weighted by atomic mass is 28.5. The molecule has 0 N–H and O–H groups in total. The van der Waals surface area contributed by atoms with Crippen molar-refractivity contribution in [1.29, 1.82) is 0 Å². The highest BCUT2D eigenvalue weighted by Crippen LogP contribution is 2.45. The standard InChI is InChI=1S/C32H72O8Si4/c1-13-17-21-33-25-41(29(5)6)37-42(30(7)8,26-34-22-18-14-2)39-44(32(11)12,28-36-24-20-16-4)40-43(38-41,31(9)10)27-35-23-19-15-3/h29-32H,13-28H2,1-12H3. The van der Waals surface area contributed by atoms with E-state index in [9.17, 15) is 0 Å². The first-order valence-corrected chi connectivity index (χ1v) is 26.4. The Kier molecular flexibility index (Phi) is 20.8. The Morgan fingerprint density at radius 1 is 0.364 bits per heavy atom. The third-order valence-electron chi connectivity index (χ3n) is 8.68. The van der Waals surface area contributed by atoms with Crippen molar-refractivity contribution in [1.82, 2.24) is 0 Å². The summed E-state index contributed by atoms with van der Waals surface area (Å²) >= 11 is 0. The van der Waals surface area contributed by atoms with Gasteiger partial charge < -0.3 is 35.4 Å². The normalized spacial score (nSPS) is 28.4. The van der Waals surface area contributed by atoms with Crippen LogP contribution in [0, 0.1) is 0 Å². The molecule has 0 saturated carbocycles. The number of hydrogen-bond acceptors (Lipinski definition) is 8.